The van der Waals surface area contributed by atoms with Crippen LogP contribution in [0.1, 0.15) is 28.9 Å². The minimum absolute atomic E-state index is 0.126. The van der Waals surface area contributed by atoms with Gasteiger partial charge in [-0.2, -0.15) is 0 Å². The third-order valence-corrected chi connectivity index (χ3v) is 5.37. The van der Waals surface area contributed by atoms with E-state index in [1.165, 1.54) is 0 Å². The summed E-state index contributed by atoms with van der Waals surface area (Å²) in [4.78, 5) is 23.7. The van der Waals surface area contributed by atoms with E-state index < -0.39 is 0 Å². The zero-order chi connectivity index (χ0) is 21.6. The molecular formula is C24H26N4O3. The Hall–Kier alpha value is -3.45. The van der Waals surface area contributed by atoms with Crippen LogP contribution in [0.5, 0.6) is 5.75 Å². The van der Waals surface area contributed by atoms with E-state index in [2.05, 4.69) is 20.2 Å². The van der Waals surface area contributed by atoms with E-state index in [9.17, 15) is 4.79 Å². The molecule has 1 aliphatic heterocycles. The zero-order valence-corrected chi connectivity index (χ0v) is 17.7. The van der Waals surface area contributed by atoms with Crippen LogP contribution in [-0.4, -0.2) is 49.3 Å². The van der Waals surface area contributed by atoms with Crippen molar-refractivity contribution in [3.63, 3.8) is 0 Å². The molecule has 0 saturated carbocycles. The van der Waals surface area contributed by atoms with Crippen LogP contribution in [0.25, 0.3) is 11.3 Å². The summed E-state index contributed by atoms with van der Waals surface area (Å²) in [6, 6.07) is 17.0. The average molecular weight is 418 g/mol. The number of rotatable bonds is 6. The van der Waals surface area contributed by atoms with E-state index in [1.54, 1.807) is 13.4 Å². The average Bonchev–Trinajstić information content (AvgIpc) is 2.84. The van der Waals surface area contributed by atoms with Crippen molar-refractivity contribution in [2.45, 2.75) is 13.0 Å². The lowest BCUT2D eigenvalue weighted by atomic mass is 10.1. The van der Waals surface area contributed by atoms with Crippen molar-refractivity contribution < 1.29 is 14.3 Å². The number of morpholine rings is 1. The maximum atomic E-state index is 12.7. The van der Waals surface area contributed by atoms with E-state index in [1.807, 2.05) is 61.5 Å². The quantitative estimate of drug-likeness (QED) is 0.661. The third-order valence-electron chi connectivity index (χ3n) is 5.37. The van der Waals surface area contributed by atoms with Crippen molar-refractivity contribution in [3.05, 3.63) is 72.1 Å². The summed E-state index contributed by atoms with van der Waals surface area (Å²) in [6.07, 6.45) is 1.58. The van der Waals surface area contributed by atoms with Gasteiger partial charge in [0.1, 0.15) is 17.9 Å². The number of methoxy groups -OCH3 is 1. The van der Waals surface area contributed by atoms with Gasteiger partial charge in [-0.05, 0) is 36.8 Å². The molecule has 0 aliphatic carbocycles. The number of hydrogen-bond donors (Lipinski definition) is 1. The molecule has 2 aromatic carbocycles. The molecule has 1 atom stereocenters. The lowest BCUT2D eigenvalue weighted by molar-refractivity contribution is 0.0940. The number of amides is 1. The molecule has 1 amide bonds. The molecule has 1 saturated heterocycles. The van der Waals surface area contributed by atoms with Crippen LogP contribution >= 0.6 is 0 Å². The summed E-state index contributed by atoms with van der Waals surface area (Å²) < 4.78 is 10.7. The Morgan fingerprint density at radius 3 is 2.61 bits per heavy atom. The van der Waals surface area contributed by atoms with Crippen LogP contribution in [-0.2, 0) is 4.74 Å². The summed E-state index contributed by atoms with van der Waals surface area (Å²) in [7, 11) is 1.63. The Balaban J connectivity index is 1.44. The fourth-order valence-electron chi connectivity index (χ4n) is 3.54. The summed E-state index contributed by atoms with van der Waals surface area (Å²) >= 11 is 0. The summed E-state index contributed by atoms with van der Waals surface area (Å²) in [5.74, 6) is 1.53. The number of aromatic nitrogens is 2. The number of nitrogens with one attached hydrogen (secondary N) is 1. The molecule has 0 unspecified atom stereocenters. The second-order valence-corrected chi connectivity index (χ2v) is 7.41. The standard InChI is InChI=1S/C24H26N4O3/c1-17(20-4-3-5-21(14-20)30-2)27-24(29)19-8-6-18(7-9-19)22-15-23(26-16-25-22)28-10-12-31-13-11-28/h3-9,14-17H,10-13H2,1-2H3,(H,27,29)/t17-/m1/s1. The van der Waals surface area contributed by atoms with Gasteiger partial charge in [-0.3, -0.25) is 4.79 Å². The molecule has 2 heterocycles. The third kappa shape index (κ3) is 5.00. The monoisotopic (exact) mass is 418 g/mol. The van der Waals surface area contributed by atoms with Crippen LogP contribution in [0.3, 0.4) is 0 Å². The molecule has 1 aromatic heterocycles. The highest BCUT2D eigenvalue weighted by atomic mass is 16.5. The van der Waals surface area contributed by atoms with Crippen LogP contribution in [0.4, 0.5) is 5.82 Å². The first kappa shape index (κ1) is 20.8. The Morgan fingerprint density at radius 1 is 1.10 bits per heavy atom. The molecule has 0 spiro atoms. The van der Waals surface area contributed by atoms with Gasteiger partial charge >= 0.3 is 0 Å². The molecule has 4 rings (SSSR count). The van der Waals surface area contributed by atoms with Gasteiger partial charge in [-0.25, -0.2) is 9.97 Å². The van der Waals surface area contributed by atoms with E-state index in [0.717, 1.165) is 41.5 Å². The maximum Gasteiger partial charge on any atom is 0.251 e. The SMILES string of the molecule is COc1cccc([C@@H](C)NC(=O)c2ccc(-c3cc(N4CCOCC4)ncn3)cc2)c1. The van der Waals surface area contributed by atoms with Gasteiger partial charge in [0, 0.05) is 30.3 Å². The van der Waals surface area contributed by atoms with Gasteiger partial charge in [0.25, 0.3) is 5.91 Å². The van der Waals surface area contributed by atoms with Crippen molar-refractivity contribution in [1.82, 2.24) is 15.3 Å². The summed E-state index contributed by atoms with van der Waals surface area (Å²) in [6.45, 7) is 5.01. The second kappa shape index (κ2) is 9.57. The molecule has 7 heteroatoms. The minimum atomic E-state index is -0.139. The van der Waals surface area contributed by atoms with E-state index in [0.29, 0.717) is 18.8 Å². The highest BCUT2D eigenvalue weighted by molar-refractivity contribution is 5.94. The smallest absolute Gasteiger partial charge is 0.251 e. The van der Waals surface area contributed by atoms with Crippen molar-refractivity contribution in [1.29, 1.82) is 0 Å². The number of ether oxygens (including phenoxy) is 2. The molecule has 160 valence electrons. The normalized spacial score (nSPS) is 14.7. The largest absolute Gasteiger partial charge is 0.497 e. The molecule has 3 aromatic rings. The highest BCUT2D eigenvalue weighted by Gasteiger charge is 2.15. The topological polar surface area (TPSA) is 76.6 Å². The lowest BCUT2D eigenvalue weighted by Gasteiger charge is -2.27. The van der Waals surface area contributed by atoms with Gasteiger partial charge in [0.15, 0.2) is 0 Å². The van der Waals surface area contributed by atoms with Crippen LogP contribution in [0, 0.1) is 0 Å². The molecule has 7 nitrogen and oxygen atoms in total. The van der Waals surface area contributed by atoms with Crippen molar-refractivity contribution in [2.75, 3.05) is 38.3 Å². The van der Waals surface area contributed by atoms with Crippen molar-refractivity contribution in [3.8, 4) is 17.0 Å². The number of anilines is 1. The Morgan fingerprint density at radius 2 is 1.87 bits per heavy atom. The van der Waals surface area contributed by atoms with Gasteiger partial charge in [-0.1, -0.05) is 24.3 Å². The predicted molar refractivity (Wildman–Crippen MR) is 119 cm³/mol. The summed E-state index contributed by atoms with van der Waals surface area (Å²) in [5.41, 5.74) is 3.35. The fourth-order valence-corrected chi connectivity index (χ4v) is 3.54. The molecule has 0 radical (unpaired) electrons. The lowest BCUT2D eigenvalue weighted by Crippen LogP contribution is -2.36. The van der Waals surface area contributed by atoms with E-state index in [4.69, 9.17) is 9.47 Å². The Kier molecular flexibility index (Phi) is 6.43. The molecule has 1 fully saturated rings. The molecular weight excluding hydrogens is 392 g/mol. The molecule has 1 N–H and O–H groups in total. The number of benzene rings is 2. The number of nitrogens with zero attached hydrogens (tertiary/aromatic N) is 3. The molecule has 1 aliphatic rings. The summed E-state index contributed by atoms with van der Waals surface area (Å²) in [5, 5.41) is 3.04. The first-order valence-corrected chi connectivity index (χ1v) is 10.3. The second-order valence-electron chi connectivity index (χ2n) is 7.41. The molecule has 0 bridgehead atoms. The van der Waals surface area contributed by atoms with Crippen LogP contribution < -0.4 is 15.0 Å². The Bertz CT molecular complexity index is 1030. The Labute approximate surface area is 182 Å². The van der Waals surface area contributed by atoms with Crippen molar-refractivity contribution >= 4 is 11.7 Å². The van der Waals surface area contributed by atoms with Gasteiger partial charge in [0.2, 0.25) is 0 Å². The van der Waals surface area contributed by atoms with E-state index >= 15 is 0 Å². The first-order chi connectivity index (χ1) is 15.1. The number of carbonyl (C=O) groups excluding carboxylic acids is 1. The van der Waals surface area contributed by atoms with Gasteiger partial charge in [-0.15, -0.1) is 0 Å². The minimum Gasteiger partial charge on any atom is -0.497 e. The molecule has 31 heavy (non-hydrogen) atoms. The van der Waals surface area contributed by atoms with Crippen LogP contribution in [0.15, 0.2) is 60.9 Å². The highest BCUT2D eigenvalue weighted by Crippen LogP contribution is 2.23. The predicted octanol–water partition coefficient (Wildman–Crippen LogP) is 3.48. The number of carbonyl (C=O) groups is 1. The fraction of sp³-hybridized carbons (Fsp3) is 0.292. The van der Waals surface area contributed by atoms with E-state index in [-0.39, 0.29) is 11.9 Å². The van der Waals surface area contributed by atoms with Gasteiger partial charge in [0.05, 0.1) is 32.1 Å². The first-order valence-electron chi connectivity index (χ1n) is 10.3. The van der Waals surface area contributed by atoms with Crippen molar-refractivity contribution in [2.24, 2.45) is 0 Å². The van der Waals surface area contributed by atoms with Crippen LogP contribution in [0.2, 0.25) is 0 Å². The number of hydrogen-bond acceptors (Lipinski definition) is 6. The van der Waals surface area contributed by atoms with Gasteiger partial charge < -0.3 is 19.7 Å². The zero-order valence-electron chi connectivity index (χ0n) is 17.7. The maximum absolute atomic E-state index is 12.7.